The van der Waals surface area contributed by atoms with Gasteiger partial charge in [0.1, 0.15) is 6.04 Å². The number of nitrogens with two attached hydrogens (primary N) is 1. The van der Waals surface area contributed by atoms with Gasteiger partial charge in [-0.2, -0.15) is 0 Å². The predicted octanol–water partition coefficient (Wildman–Crippen LogP) is 1.50. The van der Waals surface area contributed by atoms with Crippen molar-refractivity contribution in [2.45, 2.75) is 26.3 Å². The first kappa shape index (κ1) is 14.0. The van der Waals surface area contributed by atoms with Crippen LogP contribution < -0.4 is 11.1 Å². The van der Waals surface area contributed by atoms with Crippen LogP contribution in [0.2, 0.25) is 0 Å². The molecule has 1 rings (SSSR count). The molecule has 0 heterocycles. The molecule has 0 aromatic heterocycles. The number of rotatable bonds is 5. The van der Waals surface area contributed by atoms with Crippen molar-refractivity contribution >= 4 is 17.6 Å². The molecule has 0 aliphatic heterocycles. The summed E-state index contributed by atoms with van der Waals surface area (Å²) in [5, 5.41) is 11.6. The Hall–Kier alpha value is -2.04. The molecule has 98 valence electrons. The van der Waals surface area contributed by atoms with E-state index in [0.717, 1.165) is 0 Å². The lowest BCUT2D eigenvalue weighted by molar-refractivity contribution is -0.140. The summed E-state index contributed by atoms with van der Waals surface area (Å²) in [7, 11) is 0. The highest BCUT2D eigenvalue weighted by molar-refractivity contribution is 5.97. The van der Waals surface area contributed by atoms with E-state index in [4.69, 9.17) is 10.8 Å². The van der Waals surface area contributed by atoms with Gasteiger partial charge in [0.05, 0.1) is 0 Å². The Morgan fingerprint density at radius 1 is 1.44 bits per heavy atom. The lowest BCUT2D eigenvalue weighted by atomic mass is 9.99. The molecular weight excluding hydrogens is 232 g/mol. The van der Waals surface area contributed by atoms with Crippen molar-refractivity contribution in [1.82, 2.24) is 5.32 Å². The maximum absolute atomic E-state index is 11.9. The molecule has 4 N–H and O–H groups in total. The van der Waals surface area contributed by atoms with Crippen LogP contribution in [-0.4, -0.2) is 23.0 Å². The van der Waals surface area contributed by atoms with Crippen molar-refractivity contribution < 1.29 is 14.7 Å². The average molecular weight is 250 g/mol. The highest BCUT2D eigenvalue weighted by Crippen LogP contribution is 2.11. The third-order valence-corrected chi connectivity index (χ3v) is 2.91. The van der Waals surface area contributed by atoms with E-state index in [0.29, 0.717) is 17.7 Å². The van der Waals surface area contributed by atoms with E-state index in [1.54, 1.807) is 25.1 Å². The minimum atomic E-state index is -1.03. The first-order valence-corrected chi connectivity index (χ1v) is 5.85. The fourth-order valence-electron chi connectivity index (χ4n) is 1.59. The van der Waals surface area contributed by atoms with E-state index in [1.165, 1.54) is 6.07 Å². The molecule has 0 radical (unpaired) electrons. The lowest BCUT2D eigenvalue weighted by Gasteiger charge is -2.20. The topological polar surface area (TPSA) is 92.4 Å². The largest absolute Gasteiger partial charge is 0.480 e. The minimum Gasteiger partial charge on any atom is -0.480 e. The smallest absolute Gasteiger partial charge is 0.326 e. The maximum Gasteiger partial charge on any atom is 0.326 e. The summed E-state index contributed by atoms with van der Waals surface area (Å²) in [4.78, 5) is 23.0. The maximum atomic E-state index is 11.9. The molecule has 0 saturated heterocycles. The van der Waals surface area contributed by atoms with Gasteiger partial charge in [-0.05, 0) is 24.1 Å². The molecular formula is C13H18N2O3. The minimum absolute atomic E-state index is 0.132. The molecule has 0 bridgehead atoms. The second-order valence-electron chi connectivity index (χ2n) is 4.30. The number of carboxylic acids is 1. The molecule has 1 aromatic rings. The number of nitrogens with one attached hydrogen (secondary N) is 1. The Labute approximate surface area is 106 Å². The van der Waals surface area contributed by atoms with Crippen LogP contribution >= 0.6 is 0 Å². The van der Waals surface area contributed by atoms with Crippen molar-refractivity contribution in [3.8, 4) is 0 Å². The first-order valence-electron chi connectivity index (χ1n) is 5.85. The number of carboxylic acid groups (broad SMARTS) is 1. The van der Waals surface area contributed by atoms with Crippen LogP contribution in [-0.2, 0) is 4.79 Å². The second-order valence-corrected chi connectivity index (χ2v) is 4.30. The highest BCUT2D eigenvalue weighted by atomic mass is 16.4. The molecule has 5 nitrogen and oxygen atoms in total. The Kier molecular flexibility index (Phi) is 4.71. The number of hydrogen-bond donors (Lipinski definition) is 3. The number of amides is 1. The van der Waals surface area contributed by atoms with Gasteiger partial charge in [0.2, 0.25) is 0 Å². The van der Waals surface area contributed by atoms with E-state index < -0.39 is 17.9 Å². The summed E-state index contributed by atoms with van der Waals surface area (Å²) < 4.78 is 0. The van der Waals surface area contributed by atoms with Crippen LogP contribution in [0.1, 0.15) is 30.6 Å². The van der Waals surface area contributed by atoms with E-state index in [2.05, 4.69) is 5.32 Å². The molecule has 18 heavy (non-hydrogen) atoms. The predicted molar refractivity (Wildman–Crippen MR) is 69.2 cm³/mol. The van der Waals surface area contributed by atoms with Gasteiger partial charge in [0.15, 0.2) is 0 Å². The number of carbonyl (C=O) groups is 2. The summed E-state index contributed by atoms with van der Waals surface area (Å²) in [6, 6.07) is 5.55. The van der Waals surface area contributed by atoms with Gasteiger partial charge in [0, 0.05) is 11.3 Å². The number of nitrogen functional groups attached to an aromatic ring is 1. The monoisotopic (exact) mass is 250 g/mol. The molecule has 0 aliphatic carbocycles. The Bertz CT molecular complexity index is 446. The fourth-order valence-corrected chi connectivity index (χ4v) is 1.59. The molecule has 1 amide bonds. The zero-order valence-electron chi connectivity index (χ0n) is 10.5. The van der Waals surface area contributed by atoms with E-state index in [-0.39, 0.29) is 5.92 Å². The van der Waals surface area contributed by atoms with Crippen LogP contribution in [0.3, 0.4) is 0 Å². The summed E-state index contributed by atoms with van der Waals surface area (Å²) in [6.45, 7) is 3.67. The molecule has 2 atom stereocenters. The SMILES string of the molecule is CCC(C)C(NC(=O)c1cccc(N)c1)C(=O)O. The Morgan fingerprint density at radius 2 is 2.11 bits per heavy atom. The van der Waals surface area contributed by atoms with Gasteiger partial charge in [-0.1, -0.05) is 26.3 Å². The number of anilines is 1. The Morgan fingerprint density at radius 3 is 2.61 bits per heavy atom. The molecule has 0 aliphatic rings. The normalized spacial score (nSPS) is 13.7. The summed E-state index contributed by atoms with van der Waals surface area (Å²) in [5.41, 5.74) is 6.41. The van der Waals surface area contributed by atoms with Gasteiger partial charge >= 0.3 is 5.97 Å². The first-order chi connectivity index (χ1) is 8.45. The zero-order chi connectivity index (χ0) is 13.7. The van der Waals surface area contributed by atoms with E-state index in [9.17, 15) is 9.59 Å². The fraction of sp³-hybridized carbons (Fsp3) is 0.385. The lowest BCUT2D eigenvalue weighted by Crippen LogP contribution is -2.45. The molecule has 2 unspecified atom stereocenters. The number of aliphatic carboxylic acids is 1. The van der Waals surface area contributed by atoms with E-state index in [1.807, 2.05) is 6.92 Å². The van der Waals surface area contributed by atoms with Crippen molar-refractivity contribution in [3.05, 3.63) is 29.8 Å². The van der Waals surface area contributed by atoms with Crippen LogP contribution in [0, 0.1) is 5.92 Å². The summed E-state index contributed by atoms with van der Waals surface area (Å²) in [6.07, 6.45) is 0.675. The third kappa shape index (κ3) is 3.48. The quantitative estimate of drug-likeness (QED) is 0.690. The highest BCUT2D eigenvalue weighted by Gasteiger charge is 2.25. The molecule has 5 heteroatoms. The second kappa shape index (κ2) is 6.05. The van der Waals surface area contributed by atoms with E-state index >= 15 is 0 Å². The Balaban J connectivity index is 2.82. The molecule has 0 saturated carbocycles. The number of hydrogen-bond acceptors (Lipinski definition) is 3. The van der Waals surface area contributed by atoms with Crippen LogP contribution in [0.25, 0.3) is 0 Å². The number of benzene rings is 1. The van der Waals surface area contributed by atoms with Crippen molar-refractivity contribution in [3.63, 3.8) is 0 Å². The number of carbonyl (C=O) groups excluding carboxylic acids is 1. The summed E-state index contributed by atoms with van der Waals surface area (Å²) >= 11 is 0. The van der Waals surface area contributed by atoms with Gasteiger partial charge < -0.3 is 16.2 Å². The van der Waals surface area contributed by atoms with Gasteiger partial charge in [-0.3, -0.25) is 4.79 Å². The van der Waals surface area contributed by atoms with Crippen LogP contribution in [0.5, 0.6) is 0 Å². The zero-order valence-corrected chi connectivity index (χ0v) is 10.5. The molecule has 1 aromatic carbocycles. The molecule has 0 fully saturated rings. The van der Waals surface area contributed by atoms with Crippen molar-refractivity contribution in [1.29, 1.82) is 0 Å². The summed E-state index contributed by atoms with van der Waals surface area (Å²) in [5.74, 6) is -1.58. The standard InChI is InChI=1S/C13H18N2O3/c1-3-8(2)11(13(17)18)15-12(16)9-5-4-6-10(14)7-9/h4-8,11H,3,14H2,1-2H3,(H,15,16)(H,17,18). The van der Waals surface area contributed by atoms with Crippen molar-refractivity contribution in [2.75, 3.05) is 5.73 Å². The van der Waals surface area contributed by atoms with Crippen LogP contribution in [0.4, 0.5) is 5.69 Å². The van der Waals surface area contributed by atoms with Crippen LogP contribution in [0.15, 0.2) is 24.3 Å². The third-order valence-electron chi connectivity index (χ3n) is 2.91. The average Bonchev–Trinajstić information content (AvgIpc) is 2.34. The van der Waals surface area contributed by atoms with Crippen molar-refractivity contribution in [2.24, 2.45) is 5.92 Å². The van der Waals surface area contributed by atoms with Gasteiger partial charge in [-0.15, -0.1) is 0 Å². The molecule has 0 spiro atoms. The van der Waals surface area contributed by atoms with Gasteiger partial charge in [-0.25, -0.2) is 4.79 Å². The van der Waals surface area contributed by atoms with Gasteiger partial charge in [0.25, 0.3) is 5.91 Å².